The predicted molar refractivity (Wildman–Crippen MR) is 133 cm³/mol. The fourth-order valence-electron chi connectivity index (χ4n) is 4.28. The van der Waals surface area contributed by atoms with Gasteiger partial charge in [-0.25, -0.2) is 14.4 Å². The van der Waals surface area contributed by atoms with Gasteiger partial charge in [0.05, 0.1) is 22.0 Å². The minimum atomic E-state index is -0.834. The summed E-state index contributed by atoms with van der Waals surface area (Å²) in [6.45, 7) is 3.43. The Morgan fingerprint density at radius 1 is 0.972 bits per heavy atom. The molecule has 0 spiro atoms. The van der Waals surface area contributed by atoms with Crippen LogP contribution in [-0.4, -0.2) is 32.5 Å². The van der Waals surface area contributed by atoms with E-state index in [1.54, 1.807) is 50.2 Å². The van der Waals surface area contributed by atoms with E-state index < -0.39 is 22.8 Å². The van der Waals surface area contributed by atoms with Gasteiger partial charge in [-0.05, 0) is 37.4 Å². The zero-order valence-electron chi connectivity index (χ0n) is 19.3. The van der Waals surface area contributed by atoms with E-state index in [1.165, 1.54) is 22.9 Å². The molecule has 4 aromatic rings. The number of carbonyl (C=O) groups excluding carboxylic acids is 3. The minimum absolute atomic E-state index is 0.0916. The highest BCUT2D eigenvalue weighted by molar-refractivity contribution is 6.40. The molecular weight excluding hydrogens is 462 g/mol. The topological polar surface area (TPSA) is 127 Å². The van der Waals surface area contributed by atoms with Crippen LogP contribution in [0.5, 0.6) is 0 Å². The highest BCUT2D eigenvalue weighted by Gasteiger charge is 2.37. The van der Waals surface area contributed by atoms with Gasteiger partial charge in [-0.2, -0.15) is 5.10 Å². The van der Waals surface area contributed by atoms with Crippen molar-refractivity contribution in [2.75, 3.05) is 4.90 Å². The Bertz CT molecular complexity index is 1630. The summed E-state index contributed by atoms with van der Waals surface area (Å²) in [6.07, 6.45) is 1.40. The molecule has 0 radical (unpaired) electrons. The van der Waals surface area contributed by atoms with Crippen LogP contribution in [0.4, 0.5) is 16.2 Å². The quantitative estimate of drug-likeness (QED) is 0.201. The lowest BCUT2D eigenvalue weighted by Gasteiger charge is -2.27. The largest absolute Gasteiger partial charge is 0.335 e. The van der Waals surface area contributed by atoms with Crippen LogP contribution in [0.1, 0.15) is 17.0 Å². The number of aryl methyl sites for hydroxylation is 1. The molecule has 0 bridgehead atoms. The number of aromatic nitrogens is 2. The number of anilines is 1. The summed E-state index contributed by atoms with van der Waals surface area (Å²) in [5.74, 6) is -1.58. The van der Waals surface area contributed by atoms with E-state index in [-0.39, 0.29) is 11.3 Å². The van der Waals surface area contributed by atoms with Crippen LogP contribution < -0.4 is 10.2 Å². The molecule has 178 valence electrons. The number of barbiturate groups is 1. The zero-order chi connectivity index (χ0) is 25.6. The van der Waals surface area contributed by atoms with Crippen molar-refractivity contribution in [3.8, 4) is 5.69 Å². The minimum Gasteiger partial charge on any atom is -0.273 e. The van der Waals surface area contributed by atoms with Crippen LogP contribution in [-0.2, 0) is 9.59 Å². The van der Waals surface area contributed by atoms with Crippen LogP contribution in [0.2, 0.25) is 0 Å². The summed E-state index contributed by atoms with van der Waals surface area (Å²) in [5, 5.41) is 19.4. The maximum absolute atomic E-state index is 13.5. The standard InChI is InChI=1S/C26H19N5O5/c1-15-21(16(2)30(28-15)18-9-6-10-19(13-18)31(35)36)14-22-24(32)27-26(34)29(25(22)33)23-12-5-8-17-7-3-4-11-20(17)23/h3-14H,1-2H3,(H,27,32,34)/b22-14+. The lowest BCUT2D eigenvalue weighted by Crippen LogP contribution is -2.54. The third-order valence-electron chi connectivity index (χ3n) is 6.03. The smallest absolute Gasteiger partial charge is 0.273 e. The number of rotatable bonds is 4. The SMILES string of the molecule is Cc1nn(-c2cccc([N+](=O)[O-])c2)c(C)c1/C=C1\C(=O)NC(=O)N(c2cccc3ccccc23)C1=O. The molecule has 3 aromatic carbocycles. The van der Waals surface area contributed by atoms with Crippen molar-refractivity contribution >= 4 is 46.1 Å². The number of nitro groups is 1. The fraction of sp³-hybridized carbons (Fsp3) is 0.0769. The predicted octanol–water partition coefficient (Wildman–Crippen LogP) is 4.22. The lowest BCUT2D eigenvalue weighted by molar-refractivity contribution is -0.384. The number of nitrogens with one attached hydrogen (secondary N) is 1. The van der Waals surface area contributed by atoms with Crippen LogP contribution >= 0.6 is 0 Å². The van der Waals surface area contributed by atoms with Gasteiger partial charge in [-0.15, -0.1) is 0 Å². The molecular formula is C26H19N5O5. The number of amides is 4. The molecule has 1 N–H and O–H groups in total. The van der Waals surface area contributed by atoms with E-state index in [2.05, 4.69) is 10.4 Å². The van der Waals surface area contributed by atoms with Crippen molar-refractivity contribution in [1.29, 1.82) is 0 Å². The summed E-state index contributed by atoms with van der Waals surface area (Å²) in [4.78, 5) is 50.6. The third kappa shape index (κ3) is 3.70. The van der Waals surface area contributed by atoms with E-state index in [1.807, 2.05) is 18.2 Å². The highest BCUT2D eigenvalue weighted by Crippen LogP contribution is 2.30. The number of urea groups is 1. The normalized spacial score (nSPS) is 15.0. The second-order valence-electron chi connectivity index (χ2n) is 8.23. The van der Waals surface area contributed by atoms with E-state index in [9.17, 15) is 24.5 Å². The van der Waals surface area contributed by atoms with Crippen LogP contribution in [0.15, 0.2) is 72.3 Å². The van der Waals surface area contributed by atoms with E-state index >= 15 is 0 Å². The first-order valence-electron chi connectivity index (χ1n) is 11.0. The molecule has 1 aliphatic heterocycles. The Morgan fingerprint density at radius 2 is 1.69 bits per heavy atom. The van der Waals surface area contributed by atoms with Crippen molar-refractivity contribution in [3.63, 3.8) is 0 Å². The molecule has 0 unspecified atom stereocenters. The number of hydrogen-bond donors (Lipinski definition) is 1. The van der Waals surface area contributed by atoms with Gasteiger partial charge < -0.3 is 0 Å². The van der Waals surface area contributed by atoms with E-state index in [0.29, 0.717) is 33.7 Å². The monoisotopic (exact) mass is 481 g/mol. The average Bonchev–Trinajstić information content (AvgIpc) is 3.14. The molecule has 1 fully saturated rings. The molecule has 0 saturated carbocycles. The second-order valence-corrected chi connectivity index (χ2v) is 8.23. The Balaban J connectivity index is 1.59. The summed E-state index contributed by atoms with van der Waals surface area (Å²) < 4.78 is 1.51. The summed E-state index contributed by atoms with van der Waals surface area (Å²) >= 11 is 0. The Kier molecular flexibility index (Phi) is 5.40. The third-order valence-corrected chi connectivity index (χ3v) is 6.03. The first-order valence-corrected chi connectivity index (χ1v) is 11.0. The number of nitro benzene ring substituents is 1. The molecule has 10 heteroatoms. The van der Waals surface area contributed by atoms with Crippen molar-refractivity contribution < 1.29 is 19.3 Å². The molecule has 36 heavy (non-hydrogen) atoms. The summed E-state index contributed by atoms with van der Waals surface area (Å²) in [6, 6.07) is 17.7. The molecule has 2 heterocycles. The van der Waals surface area contributed by atoms with Gasteiger partial charge in [-0.1, -0.05) is 42.5 Å². The Labute approximate surface area is 204 Å². The first kappa shape index (κ1) is 22.7. The summed E-state index contributed by atoms with van der Waals surface area (Å²) in [5.41, 5.74) is 2.05. The fourth-order valence-corrected chi connectivity index (χ4v) is 4.28. The Hall–Kier alpha value is -5.12. The highest BCUT2D eigenvalue weighted by atomic mass is 16.6. The number of hydrogen-bond acceptors (Lipinski definition) is 6. The van der Waals surface area contributed by atoms with Gasteiger partial charge in [0.2, 0.25) is 0 Å². The molecule has 0 atom stereocenters. The van der Waals surface area contributed by atoms with Crippen molar-refractivity contribution in [2.45, 2.75) is 13.8 Å². The number of carbonyl (C=O) groups is 3. The molecule has 1 saturated heterocycles. The molecule has 10 nitrogen and oxygen atoms in total. The van der Waals surface area contributed by atoms with Gasteiger partial charge in [-0.3, -0.25) is 25.0 Å². The maximum atomic E-state index is 13.5. The molecule has 1 aromatic heterocycles. The van der Waals surface area contributed by atoms with E-state index in [4.69, 9.17) is 0 Å². The molecule has 5 rings (SSSR count). The van der Waals surface area contributed by atoms with Crippen molar-refractivity contribution in [1.82, 2.24) is 15.1 Å². The first-order chi connectivity index (χ1) is 17.3. The van der Waals surface area contributed by atoms with E-state index in [0.717, 1.165) is 10.3 Å². The maximum Gasteiger partial charge on any atom is 0.335 e. The Morgan fingerprint density at radius 3 is 2.47 bits per heavy atom. The molecule has 0 aliphatic carbocycles. The number of benzene rings is 3. The van der Waals surface area contributed by atoms with Crippen LogP contribution in [0.25, 0.3) is 22.5 Å². The van der Waals surface area contributed by atoms with Gasteiger partial charge in [0.15, 0.2) is 0 Å². The number of nitrogens with zero attached hydrogens (tertiary/aromatic N) is 4. The van der Waals surface area contributed by atoms with Crippen LogP contribution in [0.3, 0.4) is 0 Å². The molecule has 4 amide bonds. The van der Waals surface area contributed by atoms with Gasteiger partial charge in [0.1, 0.15) is 5.57 Å². The number of fused-ring (bicyclic) bond motifs is 1. The molecule has 1 aliphatic rings. The van der Waals surface area contributed by atoms with Gasteiger partial charge in [0, 0.05) is 28.8 Å². The average molecular weight is 481 g/mol. The lowest BCUT2D eigenvalue weighted by atomic mass is 10.0. The second kappa shape index (κ2) is 8.58. The van der Waals surface area contributed by atoms with Gasteiger partial charge in [0.25, 0.3) is 17.5 Å². The zero-order valence-corrected chi connectivity index (χ0v) is 19.3. The van der Waals surface area contributed by atoms with Crippen molar-refractivity contribution in [2.24, 2.45) is 0 Å². The number of non-ortho nitro benzene ring substituents is 1. The summed E-state index contributed by atoms with van der Waals surface area (Å²) in [7, 11) is 0. The van der Waals surface area contributed by atoms with Crippen LogP contribution in [0, 0.1) is 24.0 Å². The van der Waals surface area contributed by atoms with Crippen molar-refractivity contribution in [3.05, 3.63) is 99.4 Å². The van der Waals surface area contributed by atoms with Gasteiger partial charge >= 0.3 is 6.03 Å². The number of imide groups is 2.